The molecule has 0 aliphatic heterocycles. The maximum atomic E-state index is 13.2. The van der Waals surface area contributed by atoms with Crippen molar-refractivity contribution in [3.05, 3.63) is 59.9 Å². The molecule has 0 radical (unpaired) electrons. The van der Waals surface area contributed by atoms with Crippen LogP contribution in [-0.4, -0.2) is 26.6 Å². The second-order valence-corrected chi connectivity index (χ2v) is 6.35. The van der Waals surface area contributed by atoms with Crippen LogP contribution in [0.5, 0.6) is 5.75 Å². The van der Waals surface area contributed by atoms with E-state index in [1.54, 1.807) is 0 Å². The minimum absolute atomic E-state index is 0.0588. The molecule has 0 aromatic heterocycles. The summed E-state index contributed by atoms with van der Waals surface area (Å²) in [6, 6.07) is 9.19. The summed E-state index contributed by atoms with van der Waals surface area (Å²) >= 11 is 0. The van der Waals surface area contributed by atoms with Crippen LogP contribution in [0.2, 0.25) is 0 Å². The molecule has 6 nitrogen and oxygen atoms in total. The molecule has 24 heavy (non-hydrogen) atoms. The van der Waals surface area contributed by atoms with Gasteiger partial charge in [0.25, 0.3) is 10.0 Å². The van der Waals surface area contributed by atoms with Gasteiger partial charge in [0.15, 0.2) is 0 Å². The van der Waals surface area contributed by atoms with Crippen molar-refractivity contribution >= 4 is 27.8 Å². The first-order valence-electron chi connectivity index (χ1n) is 6.69. The highest BCUT2D eigenvalue weighted by Gasteiger charge is 2.20. The molecule has 0 saturated carbocycles. The lowest BCUT2D eigenvalue weighted by atomic mass is 10.2. The van der Waals surface area contributed by atoms with Crippen LogP contribution in [0.3, 0.4) is 0 Å². The summed E-state index contributed by atoms with van der Waals surface area (Å²) in [5, 5.41) is 8.65. The highest BCUT2D eigenvalue weighted by atomic mass is 32.2. The monoisotopic (exact) mass is 351 g/mol. The number of aliphatic carboxylic acids is 1. The fraction of sp³-hybridized carbons (Fsp3) is 0.0625. The molecule has 0 fully saturated rings. The molecule has 0 saturated heterocycles. The summed E-state index contributed by atoms with van der Waals surface area (Å²) in [5.41, 5.74) is 0.418. The van der Waals surface area contributed by atoms with Crippen LogP contribution in [0.4, 0.5) is 10.1 Å². The zero-order valence-corrected chi connectivity index (χ0v) is 13.4. The number of hydrogen-bond acceptors (Lipinski definition) is 4. The highest BCUT2D eigenvalue weighted by molar-refractivity contribution is 7.92. The van der Waals surface area contributed by atoms with Crippen LogP contribution < -0.4 is 9.46 Å². The number of carboxylic acids is 1. The lowest BCUT2D eigenvalue weighted by molar-refractivity contribution is -0.131. The molecule has 0 aliphatic rings. The molecular formula is C16H14FNO5S. The van der Waals surface area contributed by atoms with Gasteiger partial charge < -0.3 is 9.84 Å². The van der Waals surface area contributed by atoms with E-state index in [-0.39, 0.29) is 16.3 Å². The first-order valence-corrected chi connectivity index (χ1v) is 8.17. The van der Waals surface area contributed by atoms with E-state index in [2.05, 4.69) is 4.72 Å². The quantitative estimate of drug-likeness (QED) is 0.781. The highest BCUT2D eigenvalue weighted by Crippen LogP contribution is 2.27. The SMILES string of the molecule is COc1ccc(C=CC(=O)O)cc1S(=O)(=O)Nc1cccc(F)c1. The largest absolute Gasteiger partial charge is 0.495 e. The Hall–Kier alpha value is -2.87. The smallest absolute Gasteiger partial charge is 0.328 e. The Balaban J connectivity index is 2.43. The molecule has 0 unspecified atom stereocenters. The van der Waals surface area contributed by atoms with E-state index in [0.29, 0.717) is 5.56 Å². The summed E-state index contributed by atoms with van der Waals surface area (Å²) in [6.07, 6.45) is 2.14. The molecular weight excluding hydrogens is 337 g/mol. The number of carboxylic acid groups (broad SMARTS) is 1. The van der Waals surface area contributed by atoms with Crippen molar-refractivity contribution in [2.45, 2.75) is 4.90 Å². The number of benzene rings is 2. The summed E-state index contributed by atoms with van der Waals surface area (Å²) in [7, 11) is -2.75. The van der Waals surface area contributed by atoms with Gasteiger partial charge in [-0.1, -0.05) is 12.1 Å². The van der Waals surface area contributed by atoms with Crippen LogP contribution in [0.25, 0.3) is 6.08 Å². The molecule has 0 heterocycles. The third-order valence-electron chi connectivity index (χ3n) is 2.97. The van der Waals surface area contributed by atoms with Crippen molar-refractivity contribution in [1.29, 1.82) is 0 Å². The van der Waals surface area contributed by atoms with Gasteiger partial charge in [0.1, 0.15) is 16.5 Å². The van der Waals surface area contributed by atoms with Gasteiger partial charge in [-0.05, 0) is 42.0 Å². The second kappa shape index (κ2) is 7.14. The topological polar surface area (TPSA) is 92.7 Å². The molecule has 8 heteroatoms. The average Bonchev–Trinajstić information content (AvgIpc) is 2.52. The van der Waals surface area contributed by atoms with Gasteiger partial charge in [0, 0.05) is 6.08 Å². The van der Waals surface area contributed by atoms with Gasteiger partial charge in [-0.3, -0.25) is 4.72 Å². The molecule has 0 amide bonds. The average molecular weight is 351 g/mol. The Labute approximate surface area is 138 Å². The summed E-state index contributed by atoms with van der Waals surface area (Å²) < 4.78 is 45.6. The second-order valence-electron chi connectivity index (χ2n) is 4.70. The van der Waals surface area contributed by atoms with Crippen LogP contribution >= 0.6 is 0 Å². The number of anilines is 1. The van der Waals surface area contributed by atoms with E-state index >= 15 is 0 Å². The number of carbonyl (C=O) groups is 1. The zero-order valence-electron chi connectivity index (χ0n) is 12.6. The van der Waals surface area contributed by atoms with Crippen molar-refractivity contribution < 1.29 is 27.4 Å². The Bertz CT molecular complexity index is 893. The number of halogens is 1. The minimum Gasteiger partial charge on any atom is -0.495 e. The number of ether oxygens (including phenoxy) is 1. The van der Waals surface area contributed by atoms with E-state index in [4.69, 9.17) is 9.84 Å². The Morgan fingerprint density at radius 3 is 2.62 bits per heavy atom. The molecule has 0 spiro atoms. The third kappa shape index (κ3) is 4.32. The standard InChI is InChI=1S/C16H14FNO5S/c1-23-14-7-5-11(6-8-16(19)20)9-15(14)24(21,22)18-13-4-2-3-12(17)10-13/h2-10,18H,1H3,(H,19,20). The number of nitrogens with one attached hydrogen (secondary N) is 1. The Morgan fingerprint density at radius 2 is 2.00 bits per heavy atom. The normalized spacial score (nSPS) is 11.4. The van der Waals surface area contributed by atoms with Crippen molar-refractivity contribution in [2.75, 3.05) is 11.8 Å². The summed E-state index contributed by atoms with van der Waals surface area (Å²) in [4.78, 5) is 10.4. The minimum atomic E-state index is -4.06. The third-order valence-corrected chi connectivity index (χ3v) is 4.37. The van der Waals surface area contributed by atoms with Gasteiger partial charge in [0.05, 0.1) is 12.8 Å². The van der Waals surface area contributed by atoms with Gasteiger partial charge in [-0.15, -0.1) is 0 Å². The Morgan fingerprint density at radius 1 is 1.25 bits per heavy atom. The first kappa shape index (κ1) is 17.5. The van der Waals surface area contributed by atoms with E-state index in [1.165, 1.54) is 49.6 Å². The zero-order chi connectivity index (χ0) is 17.7. The van der Waals surface area contributed by atoms with Crippen molar-refractivity contribution in [3.63, 3.8) is 0 Å². The van der Waals surface area contributed by atoms with E-state index < -0.39 is 21.8 Å². The molecule has 2 aromatic rings. The lowest BCUT2D eigenvalue weighted by Crippen LogP contribution is -2.14. The fourth-order valence-electron chi connectivity index (χ4n) is 1.94. The fourth-order valence-corrected chi connectivity index (χ4v) is 3.19. The van der Waals surface area contributed by atoms with Crippen LogP contribution in [0.15, 0.2) is 53.4 Å². The molecule has 0 aliphatic carbocycles. The van der Waals surface area contributed by atoms with Crippen LogP contribution in [0.1, 0.15) is 5.56 Å². The number of sulfonamides is 1. The van der Waals surface area contributed by atoms with Gasteiger partial charge in [0.2, 0.25) is 0 Å². The van der Waals surface area contributed by atoms with Crippen molar-refractivity contribution in [1.82, 2.24) is 0 Å². The molecule has 2 aromatic carbocycles. The predicted molar refractivity (Wildman–Crippen MR) is 86.9 cm³/mol. The summed E-state index contributed by atoms with van der Waals surface area (Å²) in [6.45, 7) is 0. The summed E-state index contributed by atoms with van der Waals surface area (Å²) in [5.74, 6) is -1.67. The van der Waals surface area contributed by atoms with E-state index in [0.717, 1.165) is 12.1 Å². The van der Waals surface area contributed by atoms with Crippen molar-refractivity contribution in [3.8, 4) is 5.75 Å². The van der Waals surface area contributed by atoms with Crippen LogP contribution in [-0.2, 0) is 14.8 Å². The van der Waals surface area contributed by atoms with Gasteiger partial charge in [-0.2, -0.15) is 0 Å². The maximum Gasteiger partial charge on any atom is 0.328 e. The van der Waals surface area contributed by atoms with E-state index in [9.17, 15) is 17.6 Å². The molecule has 2 N–H and O–H groups in total. The molecule has 0 bridgehead atoms. The number of rotatable bonds is 6. The number of methoxy groups -OCH3 is 1. The lowest BCUT2D eigenvalue weighted by Gasteiger charge is -2.12. The van der Waals surface area contributed by atoms with Gasteiger partial charge in [-0.25, -0.2) is 17.6 Å². The molecule has 2 rings (SSSR count). The van der Waals surface area contributed by atoms with E-state index in [1.807, 2.05) is 0 Å². The Kier molecular flexibility index (Phi) is 5.20. The van der Waals surface area contributed by atoms with Crippen molar-refractivity contribution in [2.24, 2.45) is 0 Å². The maximum absolute atomic E-state index is 13.2. The number of hydrogen-bond donors (Lipinski definition) is 2. The molecule has 0 atom stereocenters. The van der Waals surface area contributed by atoms with Crippen LogP contribution in [0, 0.1) is 5.82 Å². The molecule has 126 valence electrons. The predicted octanol–water partition coefficient (Wildman–Crippen LogP) is 2.73. The first-order chi connectivity index (χ1) is 11.3. The van der Waals surface area contributed by atoms with Gasteiger partial charge >= 0.3 is 5.97 Å².